The summed E-state index contributed by atoms with van der Waals surface area (Å²) in [4.78, 5) is 20.1. The van der Waals surface area contributed by atoms with E-state index in [2.05, 4.69) is 55.4 Å². The van der Waals surface area contributed by atoms with E-state index in [1.807, 2.05) is 18.2 Å². The van der Waals surface area contributed by atoms with Gasteiger partial charge in [0.1, 0.15) is 23.2 Å². The van der Waals surface area contributed by atoms with Gasteiger partial charge in [-0.2, -0.15) is 0 Å². The van der Waals surface area contributed by atoms with Gasteiger partial charge in [0.25, 0.3) is 0 Å². The third-order valence-electron chi connectivity index (χ3n) is 4.37. The summed E-state index contributed by atoms with van der Waals surface area (Å²) in [6, 6.07) is 8.53. The second-order valence-electron chi connectivity index (χ2n) is 8.05. The van der Waals surface area contributed by atoms with Gasteiger partial charge in [0, 0.05) is 33.4 Å². The van der Waals surface area contributed by atoms with Crippen molar-refractivity contribution >= 4 is 58.4 Å². The molecule has 0 aliphatic rings. The first-order valence-corrected chi connectivity index (χ1v) is 14.2. The Labute approximate surface area is 184 Å². The highest BCUT2D eigenvalue weighted by atomic mass is 79.9. The van der Waals surface area contributed by atoms with E-state index in [0.717, 1.165) is 32.8 Å². The monoisotopic (exact) mass is 494 g/mol. The van der Waals surface area contributed by atoms with E-state index < -0.39 is 8.07 Å². The second kappa shape index (κ2) is 8.95. The maximum atomic E-state index is 11.4. The lowest BCUT2D eigenvalue weighted by Gasteiger charge is -2.17. The number of amides is 1. The molecule has 6 nitrogen and oxygen atoms in total. The van der Waals surface area contributed by atoms with Crippen molar-refractivity contribution in [2.75, 3.05) is 11.9 Å². The van der Waals surface area contributed by atoms with E-state index in [1.54, 1.807) is 12.3 Å². The lowest BCUT2D eigenvalue weighted by molar-refractivity contribution is -0.114. The zero-order valence-corrected chi connectivity index (χ0v) is 20.3. The van der Waals surface area contributed by atoms with Crippen LogP contribution in [-0.4, -0.2) is 35.1 Å². The summed E-state index contributed by atoms with van der Waals surface area (Å²) in [5.41, 5.74) is 3.47. The molecule has 3 rings (SSSR count). The summed E-state index contributed by atoms with van der Waals surface area (Å²) < 4.78 is 8.93. The first kappa shape index (κ1) is 22.0. The molecule has 0 atom stereocenters. The molecular formula is C20H24BrClN4O2Si. The molecule has 0 aliphatic heterocycles. The fourth-order valence-corrected chi connectivity index (χ4v) is 4.57. The molecule has 29 heavy (non-hydrogen) atoms. The number of carbonyl (C=O) groups excluding carboxylic acids is 1. The van der Waals surface area contributed by atoms with Crippen LogP contribution in [0.3, 0.4) is 0 Å². The van der Waals surface area contributed by atoms with Crippen molar-refractivity contribution in [2.45, 2.75) is 39.3 Å². The van der Waals surface area contributed by atoms with E-state index in [4.69, 9.17) is 16.3 Å². The van der Waals surface area contributed by atoms with Gasteiger partial charge >= 0.3 is 0 Å². The number of ether oxygens (including phenoxy) is 1. The number of halogens is 2. The SMILES string of the molecule is CC(=O)Nc1cc(-c2c(Br)c3nc(Cl)ccc3n2COCC[Si](C)(C)C)ccn1. The molecule has 154 valence electrons. The highest BCUT2D eigenvalue weighted by Crippen LogP contribution is 2.38. The van der Waals surface area contributed by atoms with E-state index in [9.17, 15) is 4.79 Å². The number of hydrogen-bond donors (Lipinski definition) is 1. The van der Waals surface area contributed by atoms with Crippen LogP contribution in [0.15, 0.2) is 34.9 Å². The number of nitrogens with one attached hydrogen (secondary N) is 1. The molecule has 0 aromatic carbocycles. The summed E-state index contributed by atoms with van der Waals surface area (Å²) in [6.45, 7) is 9.55. The molecule has 0 saturated heterocycles. The Hall–Kier alpha value is -1.74. The smallest absolute Gasteiger partial charge is 0.222 e. The fraction of sp³-hybridized carbons (Fsp3) is 0.350. The van der Waals surface area contributed by atoms with E-state index in [-0.39, 0.29) is 5.91 Å². The summed E-state index contributed by atoms with van der Waals surface area (Å²) in [5.74, 6) is 0.321. The largest absolute Gasteiger partial charge is 0.361 e. The van der Waals surface area contributed by atoms with Crippen LogP contribution in [0.4, 0.5) is 5.82 Å². The molecular weight excluding hydrogens is 472 g/mol. The predicted molar refractivity (Wildman–Crippen MR) is 124 cm³/mol. The molecule has 0 aliphatic carbocycles. The summed E-state index contributed by atoms with van der Waals surface area (Å²) in [5, 5.41) is 3.15. The average Bonchev–Trinajstić information content (AvgIpc) is 2.89. The molecule has 3 aromatic rings. The van der Waals surface area contributed by atoms with Gasteiger partial charge in [-0.3, -0.25) is 4.79 Å². The highest BCUT2D eigenvalue weighted by Gasteiger charge is 2.20. The molecule has 0 bridgehead atoms. The van der Waals surface area contributed by atoms with Gasteiger partial charge in [-0.05, 0) is 46.2 Å². The third kappa shape index (κ3) is 5.45. The minimum atomic E-state index is -1.17. The molecule has 0 radical (unpaired) electrons. The zero-order valence-electron chi connectivity index (χ0n) is 16.9. The number of nitrogens with zero attached hydrogens (tertiary/aromatic N) is 3. The minimum Gasteiger partial charge on any atom is -0.361 e. The van der Waals surface area contributed by atoms with Crippen LogP contribution in [0.25, 0.3) is 22.3 Å². The van der Waals surface area contributed by atoms with E-state index in [1.165, 1.54) is 6.92 Å². The Balaban J connectivity index is 2.03. The Kier molecular flexibility index (Phi) is 6.78. The van der Waals surface area contributed by atoms with Crippen molar-refractivity contribution in [1.82, 2.24) is 14.5 Å². The Morgan fingerprint density at radius 2 is 2.07 bits per heavy atom. The Bertz CT molecular complexity index is 1050. The fourth-order valence-electron chi connectivity index (χ4n) is 2.94. The van der Waals surface area contributed by atoms with Crippen molar-refractivity contribution in [3.63, 3.8) is 0 Å². The van der Waals surface area contributed by atoms with E-state index >= 15 is 0 Å². The first-order chi connectivity index (χ1) is 13.7. The molecule has 0 spiro atoms. The highest BCUT2D eigenvalue weighted by molar-refractivity contribution is 9.10. The van der Waals surface area contributed by atoms with Crippen LogP contribution in [0, 0.1) is 0 Å². The predicted octanol–water partition coefficient (Wildman–Crippen LogP) is 5.78. The van der Waals surface area contributed by atoms with Crippen LogP contribution in [0.2, 0.25) is 30.8 Å². The van der Waals surface area contributed by atoms with Crippen LogP contribution in [0.1, 0.15) is 6.92 Å². The lowest BCUT2D eigenvalue weighted by atomic mass is 10.2. The zero-order chi connectivity index (χ0) is 21.2. The topological polar surface area (TPSA) is 69.0 Å². The maximum Gasteiger partial charge on any atom is 0.222 e. The number of hydrogen-bond acceptors (Lipinski definition) is 4. The molecule has 1 amide bonds. The van der Waals surface area contributed by atoms with Crippen molar-refractivity contribution in [2.24, 2.45) is 0 Å². The van der Waals surface area contributed by atoms with Crippen molar-refractivity contribution in [3.8, 4) is 11.3 Å². The molecule has 3 heterocycles. The molecule has 9 heteroatoms. The van der Waals surface area contributed by atoms with Crippen molar-refractivity contribution in [1.29, 1.82) is 0 Å². The summed E-state index contributed by atoms with van der Waals surface area (Å²) >= 11 is 9.82. The van der Waals surface area contributed by atoms with Crippen LogP contribution < -0.4 is 5.32 Å². The van der Waals surface area contributed by atoms with Gasteiger partial charge in [0.15, 0.2) is 0 Å². The van der Waals surface area contributed by atoms with Gasteiger partial charge in [-0.25, -0.2) is 9.97 Å². The standard InChI is InChI=1S/C20H24BrClN4O2Si/c1-13(27)24-17-11-14(7-8-23-17)20-18(21)19-15(5-6-16(22)25-19)26(20)12-28-9-10-29(2,3)4/h5-8,11H,9-10,12H2,1-4H3,(H,23,24,27). The van der Waals surface area contributed by atoms with Gasteiger partial charge in [-0.1, -0.05) is 31.2 Å². The summed E-state index contributed by atoms with van der Waals surface area (Å²) in [7, 11) is -1.17. The first-order valence-electron chi connectivity index (χ1n) is 9.32. The number of rotatable bonds is 7. The molecule has 3 aromatic heterocycles. The molecule has 0 fully saturated rings. The average molecular weight is 496 g/mol. The lowest BCUT2D eigenvalue weighted by Crippen LogP contribution is -2.22. The molecule has 1 N–H and O–H groups in total. The van der Waals surface area contributed by atoms with Crippen LogP contribution >= 0.6 is 27.5 Å². The van der Waals surface area contributed by atoms with Gasteiger partial charge < -0.3 is 14.6 Å². The Morgan fingerprint density at radius 1 is 1.31 bits per heavy atom. The van der Waals surface area contributed by atoms with Gasteiger partial charge in [0.2, 0.25) is 5.91 Å². The number of fused-ring (bicyclic) bond motifs is 1. The number of anilines is 1. The Morgan fingerprint density at radius 3 is 2.76 bits per heavy atom. The number of aromatic nitrogens is 3. The van der Waals surface area contributed by atoms with Crippen molar-refractivity contribution < 1.29 is 9.53 Å². The van der Waals surface area contributed by atoms with Gasteiger partial charge in [-0.15, -0.1) is 0 Å². The normalized spacial score (nSPS) is 11.8. The van der Waals surface area contributed by atoms with E-state index in [0.29, 0.717) is 24.3 Å². The third-order valence-corrected chi connectivity index (χ3v) is 7.04. The number of pyridine rings is 2. The van der Waals surface area contributed by atoms with Crippen LogP contribution in [-0.2, 0) is 16.3 Å². The van der Waals surface area contributed by atoms with Crippen molar-refractivity contribution in [3.05, 3.63) is 40.1 Å². The molecule has 0 saturated carbocycles. The maximum absolute atomic E-state index is 11.4. The quantitative estimate of drug-likeness (QED) is 0.256. The second-order valence-corrected chi connectivity index (χ2v) is 14.9. The van der Waals surface area contributed by atoms with Gasteiger partial charge in [0.05, 0.1) is 15.7 Å². The summed E-state index contributed by atoms with van der Waals surface area (Å²) in [6.07, 6.45) is 1.67. The number of carbonyl (C=O) groups is 1. The minimum absolute atomic E-state index is 0.169. The molecule has 0 unspecified atom stereocenters. The van der Waals surface area contributed by atoms with Crippen LogP contribution in [0.5, 0.6) is 0 Å².